The highest BCUT2D eigenvalue weighted by molar-refractivity contribution is 5.44. The summed E-state index contributed by atoms with van der Waals surface area (Å²) in [4.78, 5) is 4.08. The lowest BCUT2D eigenvalue weighted by molar-refractivity contribution is 0.114. The third-order valence-electron chi connectivity index (χ3n) is 2.48. The largest absolute Gasteiger partial charge is 0.398 e. The van der Waals surface area contributed by atoms with Crippen molar-refractivity contribution in [2.45, 2.75) is 25.8 Å². The second kappa shape index (κ2) is 7.19. The maximum atomic E-state index is 5.87. The summed E-state index contributed by atoms with van der Waals surface area (Å²) >= 11 is 0. The number of hydrogen-bond donors (Lipinski definition) is 2. The Hall–Kier alpha value is -1.13. The normalized spacial score (nSPS) is 12.6. The minimum Gasteiger partial charge on any atom is -0.398 e. The van der Waals surface area contributed by atoms with E-state index < -0.39 is 0 Å². The number of likely N-dealkylation sites (N-methyl/N-ethyl adjacent to an activating group) is 1. The Balaban J connectivity index is 2.46. The van der Waals surface area contributed by atoms with E-state index in [1.54, 1.807) is 6.20 Å². The van der Waals surface area contributed by atoms with Crippen molar-refractivity contribution < 1.29 is 4.74 Å². The van der Waals surface area contributed by atoms with E-state index in [2.05, 4.69) is 17.2 Å². The van der Waals surface area contributed by atoms with Crippen LogP contribution in [-0.2, 0) is 11.2 Å². The van der Waals surface area contributed by atoms with E-state index in [1.807, 2.05) is 19.3 Å². The highest BCUT2D eigenvalue weighted by Gasteiger charge is 2.09. The van der Waals surface area contributed by atoms with E-state index in [0.717, 1.165) is 30.7 Å². The van der Waals surface area contributed by atoms with Gasteiger partial charge in [0.15, 0.2) is 0 Å². The molecule has 1 aromatic rings. The molecule has 0 spiro atoms. The third kappa shape index (κ3) is 4.16. The second-order valence-corrected chi connectivity index (χ2v) is 3.84. The topological polar surface area (TPSA) is 60.2 Å². The van der Waals surface area contributed by atoms with E-state index in [9.17, 15) is 0 Å². The van der Waals surface area contributed by atoms with Crippen LogP contribution in [0.3, 0.4) is 0 Å². The molecule has 0 aliphatic heterocycles. The van der Waals surface area contributed by atoms with Crippen LogP contribution < -0.4 is 11.1 Å². The Morgan fingerprint density at radius 3 is 3.00 bits per heavy atom. The molecule has 16 heavy (non-hydrogen) atoms. The van der Waals surface area contributed by atoms with E-state index in [-0.39, 0.29) is 6.04 Å². The molecule has 0 radical (unpaired) electrons. The summed E-state index contributed by atoms with van der Waals surface area (Å²) in [5.41, 5.74) is 7.74. The van der Waals surface area contributed by atoms with Gasteiger partial charge in [0.2, 0.25) is 0 Å². The minimum atomic E-state index is 0.290. The van der Waals surface area contributed by atoms with Gasteiger partial charge in [0.05, 0.1) is 6.61 Å². The van der Waals surface area contributed by atoms with Crippen LogP contribution in [0.2, 0.25) is 0 Å². The van der Waals surface area contributed by atoms with Gasteiger partial charge in [-0.15, -0.1) is 0 Å². The van der Waals surface area contributed by atoms with E-state index in [0.29, 0.717) is 6.61 Å². The molecule has 1 aromatic heterocycles. The Morgan fingerprint density at radius 2 is 2.38 bits per heavy atom. The molecule has 90 valence electrons. The molecule has 4 heteroatoms. The number of nitrogens with one attached hydrogen (secondary N) is 1. The summed E-state index contributed by atoms with van der Waals surface area (Å²) in [6.07, 6.45) is 5.42. The number of pyridine rings is 1. The van der Waals surface area contributed by atoms with Crippen molar-refractivity contribution >= 4 is 5.69 Å². The number of hydrogen-bond acceptors (Lipinski definition) is 4. The summed E-state index contributed by atoms with van der Waals surface area (Å²) < 4.78 is 5.52. The number of nitrogens with zero attached hydrogens (tertiary/aromatic N) is 1. The molecule has 0 bridgehead atoms. The third-order valence-corrected chi connectivity index (χ3v) is 2.48. The molecule has 0 amide bonds. The van der Waals surface area contributed by atoms with Crippen LogP contribution in [0.5, 0.6) is 0 Å². The molecule has 1 heterocycles. The molecule has 1 unspecified atom stereocenters. The summed E-state index contributed by atoms with van der Waals surface area (Å²) in [6, 6.07) is 2.12. The lowest BCUT2D eigenvalue weighted by Gasteiger charge is -2.17. The van der Waals surface area contributed by atoms with Gasteiger partial charge in [-0.3, -0.25) is 4.98 Å². The molecule has 1 rings (SSSR count). The Morgan fingerprint density at radius 1 is 1.56 bits per heavy atom. The molecule has 0 saturated carbocycles. The predicted octanol–water partition coefficient (Wildman–Crippen LogP) is 1.22. The van der Waals surface area contributed by atoms with Gasteiger partial charge in [0, 0.05) is 30.7 Å². The first-order chi connectivity index (χ1) is 7.77. The van der Waals surface area contributed by atoms with Crippen molar-refractivity contribution in [2.75, 3.05) is 26.0 Å². The minimum absolute atomic E-state index is 0.290. The van der Waals surface area contributed by atoms with Crippen LogP contribution in [0, 0.1) is 0 Å². The lowest BCUT2D eigenvalue weighted by atomic mass is 10.1. The molecule has 1 atom stereocenters. The standard InChI is InChI=1S/C12H21N3O/c1-3-6-16-9-11(14-2)7-10-8-15-5-4-12(10)13/h4-5,8,11,14H,3,6-7,9H2,1-2H3,(H2,13,15). The fourth-order valence-electron chi connectivity index (χ4n) is 1.49. The monoisotopic (exact) mass is 223 g/mol. The summed E-state index contributed by atoms with van der Waals surface area (Å²) in [5, 5.41) is 3.23. The molecule has 4 nitrogen and oxygen atoms in total. The van der Waals surface area contributed by atoms with Gasteiger partial charge in [0.1, 0.15) is 0 Å². The van der Waals surface area contributed by atoms with E-state index >= 15 is 0 Å². The van der Waals surface area contributed by atoms with Crippen LogP contribution in [0.1, 0.15) is 18.9 Å². The van der Waals surface area contributed by atoms with Crippen LogP contribution in [0.15, 0.2) is 18.5 Å². The van der Waals surface area contributed by atoms with Gasteiger partial charge in [-0.2, -0.15) is 0 Å². The maximum absolute atomic E-state index is 5.87. The Kier molecular flexibility index (Phi) is 5.82. The molecular formula is C12H21N3O. The maximum Gasteiger partial charge on any atom is 0.0622 e. The van der Waals surface area contributed by atoms with Crippen molar-refractivity contribution in [3.05, 3.63) is 24.0 Å². The van der Waals surface area contributed by atoms with E-state index in [1.165, 1.54) is 0 Å². The fraction of sp³-hybridized carbons (Fsp3) is 0.583. The Bertz CT molecular complexity index is 304. The summed E-state index contributed by atoms with van der Waals surface area (Å²) in [6.45, 7) is 3.62. The molecular weight excluding hydrogens is 202 g/mol. The van der Waals surface area contributed by atoms with Gasteiger partial charge in [-0.1, -0.05) is 6.92 Å². The van der Waals surface area contributed by atoms with Crippen molar-refractivity contribution in [1.29, 1.82) is 0 Å². The average Bonchev–Trinajstić information content (AvgIpc) is 2.30. The smallest absolute Gasteiger partial charge is 0.0622 e. The number of anilines is 1. The Labute approximate surface area is 97.2 Å². The number of ether oxygens (including phenoxy) is 1. The van der Waals surface area contributed by atoms with Gasteiger partial charge >= 0.3 is 0 Å². The zero-order valence-corrected chi connectivity index (χ0v) is 10.1. The first-order valence-corrected chi connectivity index (χ1v) is 5.71. The van der Waals surface area contributed by atoms with E-state index in [4.69, 9.17) is 10.5 Å². The van der Waals surface area contributed by atoms with Gasteiger partial charge in [-0.05, 0) is 31.5 Å². The summed E-state index contributed by atoms with van der Waals surface area (Å²) in [7, 11) is 1.94. The van der Waals surface area contributed by atoms with Crippen LogP contribution in [0.4, 0.5) is 5.69 Å². The predicted molar refractivity (Wildman–Crippen MR) is 66.3 cm³/mol. The van der Waals surface area contributed by atoms with Crippen molar-refractivity contribution in [1.82, 2.24) is 10.3 Å². The zero-order chi connectivity index (χ0) is 11.8. The van der Waals surface area contributed by atoms with Crippen molar-refractivity contribution in [3.8, 4) is 0 Å². The van der Waals surface area contributed by atoms with Crippen LogP contribution in [-0.4, -0.2) is 31.3 Å². The van der Waals surface area contributed by atoms with Gasteiger partial charge in [0.25, 0.3) is 0 Å². The number of aromatic nitrogens is 1. The fourth-order valence-corrected chi connectivity index (χ4v) is 1.49. The second-order valence-electron chi connectivity index (χ2n) is 3.84. The van der Waals surface area contributed by atoms with Crippen LogP contribution in [0.25, 0.3) is 0 Å². The number of nitrogen functional groups attached to an aromatic ring is 1. The number of nitrogens with two attached hydrogens (primary N) is 1. The zero-order valence-electron chi connectivity index (χ0n) is 10.1. The van der Waals surface area contributed by atoms with Crippen molar-refractivity contribution in [3.63, 3.8) is 0 Å². The molecule has 0 aromatic carbocycles. The molecule has 0 aliphatic rings. The molecule has 0 aliphatic carbocycles. The summed E-state index contributed by atoms with van der Waals surface area (Å²) in [5.74, 6) is 0. The highest BCUT2D eigenvalue weighted by atomic mass is 16.5. The van der Waals surface area contributed by atoms with Gasteiger partial charge in [-0.25, -0.2) is 0 Å². The molecule has 0 saturated heterocycles. The highest BCUT2D eigenvalue weighted by Crippen LogP contribution is 2.11. The SMILES string of the molecule is CCCOCC(Cc1cnccc1N)NC. The van der Waals surface area contributed by atoms with Crippen molar-refractivity contribution in [2.24, 2.45) is 0 Å². The van der Waals surface area contributed by atoms with Crippen LogP contribution >= 0.6 is 0 Å². The average molecular weight is 223 g/mol. The number of rotatable bonds is 7. The molecule has 3 N–H and O–H groups in total. The first-order valence-electron chi connectivity index (χ1n) is 5.71. The van der Waals surface area contributed by atoms with Gasteiger partial charge < -0.3 is 15.8 Å². The molecule has 0 fully saturated rings. The quantitative estimate of drug-likeness (QED) is 0.682. The first kappa shape index (κ1) is 12.9. The lowest BCUT2D eigenvalue weighted by Crippen LogP contribution is -2.33.